The van der Waals surface area contributed by atoms with Crippen molar-refractivity contribution < 1.29 is 19.1 Å². The molecule has 0 aromatic heterocycles. The van der Waals surface area contributed by atoms with Crippen molar-refractivity contribution in [3.05, 3.63) is 89.0 Å². The van der Waals surface area contributed by atoms with Crippen molar-refractivity contribution in [1.29, 1.82) is 0 Å². The maximum Gasteiger partial charge on any atom is 0.329 e. The molecule has 34 heavy (non-hydrogen) atoms. The number of carbonyl (C=O) groups excluding carboxylic acids is 3. The lowest BCUT2D eigenvalue weighted by molar-refractivity contribution is -0.136. The van der Waals surface area contributed by atoms with Gasteiger partial charge in [-0.05, 0) is 67.3 Å². The lowest BCUT2D eigenvalue weighted by Gasteiger charge is -2.12. The summed E-state index contributed by atoms with van der Waals surface area (Å²) in [5, 5.41) is 9.19. The van der Waals surface area contributed by atoms with Crippen LogP contribution in [0.4, 0.5) is 11.4 Å². The first-order chi connectivity index (χ1) is 16.3. The quantitative estimate of drug-likeness (QED) is 0.285. The van der Waals surface area contributed by atoms with E-state index in [0.717, 1.165) is 22.4 Å². The molecule has 0 saturated carbocycles. The molecule has 8 nitrogen and oxygen atoms in total. The molecule has 0 spiro atoms. The van der Waals surface area contributed by atoms with Crippen LogP contribution in [0.1, 0.15) is 22.3 Å². The Balaban J connectivity index is 1.50. The molecule has 0 aliphatic carbocycles. The number of anilines is 2. The molecule has 0 saturated heterocycles. The molecule has 0 aliphatic rings. The van der Waals surface area contributed by atoms with Gasteiger partial charge in [-0.1, -0.05) is 42.5 Å². The van der Waals surface area contributed by atoms with Gasteiger partial charge in [0.1, 0.15) is 5.75 Å². The molecule has 0 atom stereocenters. The number of benzene rings is 3. The van der Waals surface area contributed by atoms with Crippen LogP contribution in [0.25, 0.3) is 0 Å². The standard InChI is InChI=1S/C26H26N4O4/c1-17-7-4-11-21(13-17)28-25(32)26(33)30-27-15-20-10-6-12-22(14-20)34-16-23(31)29-24-18(2)8-5-9-19(24)3/h4-15H,16H2,1-3H3,(H,28,32)(H,29,31)(H,30,33)/b27-15-. The fraction of sp³-hybridized carbons (Fsp3) is 0.154. The van der Waals surface area contributed by atoms with Gasteiger partial charge in [0.15, 0.2) is 6.61 Å². The van der Waals surface area contributed by atoms with Crippen molar-refractivity contribution in [1.82, 2.24) is 5.43 Å². The lowest BCUT2D eigenvalue weighted by atomic mass is 10.1. The zero-order valence-corrected chi connectivity index (χ0v) is 19.2. The summed E-state index contributed by atoms with van der Waals surface area (Å²) in [6.45, 7) is 5.58. The predicted octanol–water partition coefficient (Wildman–Crippen LogP) is 3.72. The van der Waals surface area contributed by atoms with Crippen molar-refractivity contribution in [2.45, 2.75) is 20.8 Å². The number of amides is 3. The Labute approximate surface area is 198 Å². The zero-order valence-electron chi connectivity index (χ0n) is 19.2. The number of para-hydroxylation sites is 1. The van der Waals surface area contributed by atoms with Gasteiger partial charge in [0.2, 0.25) is 0 Å². The average Bonchev–Trinajstić information content (AvgIpc) is 2.80. The Kier molecular flexibility index (Phi) is 8.12. The van der Waals surface area contributed by atoms with Crippen LogP contribution in [-0.2, 0) is 14.4 Å². The largest absolute Gasteiger partial charge is 0.484 e. The molecule has 3 aromatic rings. The highest BCUT2D eigenvalue weighted by Crippen LogP contribution is 2.19. The number of hydrogen-bond donors (Lipinski definition) is 3. The third-order valence-electron chi connectivity index (χ3n) is 4.84. The van der Waals surface area contributed by atoms with Crippen LogP contribution in [0, 0.1) is 20.8 Å². The van der Waals surface area contributed by atoms with Gasteiger partial charge in [-0.25, -0.2) is 5.43 Å². The minimum absolute atomic E-state index is 0.162. The third kappa shape index (κ3) is 7.03. The summed E-state index contributed by atoms with van der Waals surface area (Å²) in [5.41, 5.74) is 7.01. The Morgan fingerprint density at radius 3 is 2.29 bits per heavy atom. The van der Waals surface area contributed by atoms with Crippen LogP contribution in [0.3, 0.4) is 0 Å². The number of rotatable bonds is 7. The van der Waals surface area contributed by atoms with Crippen LogP contribution in [-0.4, -0.2) is 30.5 Å². The molecule has 3 amide bonds. The van der Waals surface area contributed by atoms with Gasteiger partial charge in [0, 0.05) is 11.4 Å². The van der Waals surface area contributed by atoms with Crippen molar-refractivity contribution >= 4 is 35.3 Å². The topological polar surface area (TPSA) is 109 Å². The monoisotopic (exact) mass is 458 g/mol. The van der Waals surface area contributed by atoms with E-state index in [0.29, 0.717) is 17.0 Å². The first-order valence-corrected chi connectivity index (χ1v) is 10.6. The van der Waals surface area contributed by atoms with E-state index < -0.39 is 11.8 Å². The molecule has 8 heteroatoms. The van der Waals surface area contributed by atoms with Gasteiger partial charge in [0.25, 0.3) is 5.91 Å². The molecule has 174 valence electrons. The van der Waals surface area contributed by atoms with Crippen molar-refractivity contribution in [3.8, 4) is 5.75 Å². The van der Waals surface area contributed by atoms with E-state index in [1.165, 1.54) is 6.21 Å². The minimum Gasteiger partial charge on any atom is -0.484 e. The normalized spacial score (nSPS) is 10.6. The highest BCUT2D eigenvalue weighted by molar-refractivity contribution is 6.39. The van der Waals surface area contributed by atoms with Crippen molar-refractivity contribution in [2.24, 2.45) is 5.10 Å². The van der Waals surface area contributed by atoms with E-state index in [9.17, 15) is 14.4 Å². The van der Waals surface area contributed by atoms with Gasteiger partial charge in [-0.3, -0.25) is 14.4 Å². The highest BCUT2D eigenvalue weighted by Gasteiger charge is 2.13. The van der Waals surface area contributed by atoms with Crippen LogP contribution in [0.5, 0.6) is 5.75 Å². The van der Waals surface area contributed by atoms with Gasteiger partial charge in [-0.15, -0.1) is 0 Å². The second kappa shape index (κ2) is 11.4. The first-order valence-electron chi connectivity index (χ1n) is 10.6. The number of nitrogens with zero attached hydrogens (tertiary/aromatic N) is 1. The Bertz CT molecular complexity index is 1220. The summed E-state index contributed by atoms with van der Waals surface area (Å²) in [6.07, 6.45) is 1.38. The summed E-state index contributed by atoms with van der Waals surface area (Å²) < 4.78 is 5.58. The van der Waals surface area contributed by atoms with Gasteiger partial charge < -0.3 is 15.4 Å². The smallest absolute Gasteiger partial charge is 0.329 e. The van der Waals surface area contributed by atoms with Crippen molar-refractivity contribution in [3.63, 3.8) is 0 Å². The molecule has 0 heterocycles. The number of aryl methyl sites for hydroxylation is 3. The van der Waals surface area contributed by atoms with E-state index in [4.69, 9.17) is 4.74 Å². The van der Waals surface area contributed by atoms with Crippen LogP contribution in [0.2, 0.25) is 0 Å². The number of hydrazone groups is 1. The summed E-state index contributed by atoms with van der Waals surface area (Å²) in [6, 6.07) is 19.7. The van der Waals surface area contributed by atoms with E-state index >= 15 is 0 Å². The fourth-order valence-electron chi connectivity index (χ4n) is 3.15. The molecule has 0 aliphatic heterocycles. The Morgan fingerprint density at radius 1 is 0.853 bits per heavy atom. The Hall–Kier alpha value is -4.46. The number of hydrogen-bond acceptors (Lipinski definition) is 5. The first kappa shape index (κ1) is 24.2. The summed E-state index contributed by atoms with van der Waals surface area (Å²) in [7, 11) is 0. The maximum atomic E-state index is 12.3. The summed E-state index contributed by atoms with van der Waals surface area (Å²) in [5.74, 6) is -1.53. The molecule has 0 bridgehead atoms. The molecular weight excluding hydrogens is 432 g/mol. The maximum absolute atomic E-state index is 12.3. The van der Waals surface area contributed by atoms with Gasteiger partial charge in [-0.2, -0.15) is 5.10 Å². The minimum atomic E-state index is -0.895. The van der Waals surface area contributed by atoms with Crippen LogP contribution < -0.4 is 20.8 Å². The second-order valence-electron chi connectivity index (χ2n) is 7.70. The Morgan fingerprint density at radius 2 is 1.56 bits per heavy atom. The summed E-state index contributed by atoms with van der Waals surface area (Å²) >= 11 is 0. The number of nitrogens with one attached hydrogen (secondary N) is 3. The van der Waals surface area contributed by atoms with Gasteiger partial charge >= 0.3 is 11.8 Å². The highest BCUT2D eigenvalue weighted by atomic mass is 16.5. The second-order valence-corrected chi connectivity index (χ2v) is 7.70. The fourth-order valence-corrected chi connectivity index (χ4v) is 3.15. The zero-order chi connectivity index (χ0) is 24.5. The predicted molar refractivity (Wildman–Crippen MR) is 132 cm³/mol. The average molecular weight is 459 g/mol. The van der Waals surface area contributed by atoms with Crippen molar-refractivity contribution in [2.75, 3.05) is 17.2 Å². The SMILES string of the molecule is Cc1cccc(NC(=O)C(=O)N/N=C\c2cccc(OCC(=O)Nc3c(C)cccc3C)c2)c1. The third-order valence-corrected chi connectivity index (χ3v) is 4.84. The van der Waals surface area contributed by atoms with Crippen LogP contribution in [0.15, 0.2) is 71.8 Å². The van der Waals surface area contributed by atoms with E-state index in [2.05, 4.69) is 21.2 Å². The molecule has 0 fully saturated rings. The van der Waals surface area contributed by atoms with E-state index in [1.54, 1.807) is 42.5 Å². The lowest BCUT2D eigenvalue weighted by Crippen LogP contribution is -2.32. The molecule has 0 unspecified atom stereocenters. The molecule has 3 aromatic carbocycles. The van der Waals surface area contributed by atoms with E-state index in [1.807, 2.05) is 45.0 Å². The molecule has 3 rings (SSSR count). The summed E-state index contributed by atoms with van der Waals surface area (Å²) in [4.78, 5) is 36.2. The number of carbonyl (C=O) groups is 3. The van der Waals surface area contributed by atoms with E-state index in [-0.39, 0.29) is 12.5 Å². The molecule has 3 N–H and O–H groups in total. The van der Waals surface area contributed by atoms with Crippen LogP contribution >= 0.6 is 0 Å². The molecular formula is C26H26N4O4. The number of ether oxygens (including phenoxy) is 1. The molecule has 0 radical (unpaired) electrons. The van der Waals surface area contributed by atoms with Gasteiger partial charge in [0.05, 0.1) is 6.21 Å².